The lowest BCUT2D eigenvalue weighted by Crippen LogP contribution is -2.00. The minimum absolute atomic E-state index is 0.371. The van der Waals surface area contributed by atoms with E-state index in [1.165, 1.54) is 0 Å². The number of rotatable bonds is 3. The second-order valence-corrected chi connectivity index (χ2v) is 5.65. The molecule has 19 heavy (non-hydrogen) atoms. The summed E-state index contributed by atoms with van der Waals surface area (Å²) in [6.07, 6.45) is 3.82. The van der Waals surface area contributed by atoms with E-state index >= 15 is 0 Å². The number of fused-ring (bicyclic) bond motifs is 1. The normalized spacial score (nSPS) is 12.6. The molecular weight excluding hydrogens is 258 g/mol. The number of benzene rings is 1. The standard InChI is InChI=1S/C14H13N3OS/c15-12-5-1-2-6-13(12)19(18)10-11-9-17-8-4-3-7-14(17)16-11/h1-9H,10,15H2. The molecule has 2 aromatic heterocycles. The molecule has 4 nitrogen and oxygen atoms in total. The van der Waals surface area contributed by atoms with E-state index in [0.717, 1.165) is 11.3 Å². The molecule has 0 fully saturated rings. The molecule has 0 spiro atoms. The van der Waals surface area contributed by atoms with Gasteiger partial charge in [0.05, 0.1) is 27.1 Å². The molecule has 2 N–H and O–H groups in total. The third-order valence-corrected chi connectivity index (χ3v) is 4.28. The van der Waals surface area contributed by atoms with Crippen molar-refractivity contribution in [2.75, 3.05) is 5.73 Å². The molecule has 1 atom stereocenters. The Morgan fingerprint density at radius 1 is 1.16 bits per heavy atom. The van der Waals surface area contributed by atoms with Crippen LogP contribution >= 0.6 is 0 Å². The SMILES string of the molecule is Nc1ccccc1S(=O)Cc1cn2ccccc2n1. The average molecular weight is 271 g/mol. The molecule has 96 valence electrons. The fraction of sp³-hybridized carbons (Fsp3) is 0.0714. The van der Waals surface area contributed by atoms with Crippen LogP contribution in [0.25, 0.3) is 5.65 Å². The number of pyridine rings is 1. The number of para-hydroxylation sites is 1. The van der Waals surface area contributed by atoms with Gasteiger partial charge in [-0.3, -0.25) is 4.21 Å². The van der Waals surface area contributed by atoms with Crippen LogP contribution in [0.4, 0.5) is 5.69 Å². The second kappa shape index (κ2) is 4.85. The molecular formula is C14H13N3OS. The molecule has 5 heteroatoms. The van der Waals surface area contributed by atoms with E-state index in [1.807, 2.05) is 47.1 Å². The maximum atomic E-state index is 12.3. The summed E-state index contributed by atoms with van der Waals surface area (Å²) in [6, 6.07) is 13.0. The Hall–Kier alpha value is -2.14. The zero-order valence-corrected chi connectivity index (χ0v) is 11.0. The summed E-state index contributed by atoms with van der Waals surface area (Å²) in [5.74, 6) is 0.371. The molecule has 2 heterocycles. The zero-order valence-electron chi connectivity index (χ0n) is 10.2. The number of anilines is 1. The Morgan fingerprint density at radius 2 is 1.95 bits per heavy atom. The third kappa shape index (κ3) is 2.37. The van der Waals surface area contributed by atoms with Gasteiger partial charge in [0.15, 0.2) is 0 Å². The van der Waals surface area contributed by atoms with Crippen molar-refractivity contribution in [3.63, 3.8) is 0 Å². The van der Waals surface area contributed by atoms with Crippen molar-refractivity contribution < 1.29 is 4.21 Å². The van der Waals surface area contributed by atoms with E-state index in [4.69, 9.17) is 5.73 Å². The van der Waals surface area contributed by atoms with E-state index in [1.54, 1.807) is 12.1 Å². The molecule has 3 rings (SSSR count). The quantitative estimate of drug-likeness (QED) is 0.743. The van der Waals surface area contributed by atoms with Gasteiger partial charge in [0.25, 0.3) is 0 Å². The summed E-state index contributed by atoms with van der Waals surface area (Å²) in [5.41, 5.74) is 8.05. The van der Waals surface area contributed by atoms with Gasteiger partial charge in [0.1, 0.15) is 5.65 Å². The van der Waals surface area contributed by atoms with Crippen LogP contribution in [-0.4, -0.2) is 13.6 Å². The number of nitrogens with two attached hydrogens (primary N) is 1. The van der Waals surface area contributed by atoms with Crippen molar-refractivity contribution >= 4 is 22.1 Å². The molecule has 1 aromatic carbocycles. The Labute approximate surface area is 113 Å². The number of aromatic nitrogens is 2. The highest BCUT2D eigenvalue weighted by Gasteiger charge is 2.10. The molecule has 0 saturated carbocycles. The lowest BCUT2D eigenvalue weighted by atomic mass is 10.3. The molecule has 0 aliphatic rings. The van der Waals surface area contributed by atoms with Crippen molar-refractivity contribution in [1.29, 1.82) is 0 Å². The highest BCUT2D eigenvalue weighted by atomic mass is 32.2. The second-order valence-electron chi connectivity index (χ2n) is 4.23. The first-order chi connectivity index (χ1) is 9.24. The molecule has 0 saturated heterocycles. The Bertz CT molecular complexity index is 718. The Balaban J connectivity index is 1.89. The average Bonchev–Trinajstić information content (AvgIpc) is 2.81. The number of imidazole rings is 1. The number of nitrogen functional groups attached to an aromatic ring is 1. The van der Waals surface area contributed by atoms with Crippen LogP contribution in [0, 0.1) is 0 Å². The van der Waals surface area contributed by atoms with Gasteiger partial charge < -0.3 is 10.1 Å². The number of hydrogen-bond donors (Lipinski definition) is 1. The van der Waals surface area contributed by atoms with Crippen LogP contribution in [0.1, 0.15) is 5.69 Å². The molecule has 0 aliphatic carbocycles. The molecule has 0 aliphatic heterocycles. The number of nitrogens with zero attached hydrogens (tertiary/aromatic N) is 2. The largest absolute Gasteiger partial charge is 0.398 e. The van der Waals surface area contributed by atoms with Crippen molar-refractivity contribution in [3.05, 3.63) is 60.6 Å². The van der Waals surface area contributed by atoms with Crippen molar-refractivity contribution in [2.24, 2.45) is 0 Å². The fourth-order valence-corrected chi connectivity index (χ4v) is 3.08. The zero-order chi connectivity index (χ0) is 13.2. The summed E-state index contributed by atoms with van der Waals surface area (Å²) < 4.78 is 14.2. The predicted molar refractivity (Wildman–Crippen MR) is 76.2 cm³/mol. The van der Waals surface area contributed by atoms with Crippen molar-refractivity contribution in [1.82, 2.24) is 9.38 Å². The van der Waals surface area contributed by atoms with E-state index in [-0.39, 0.29) is 0 Å². The van der Waals surface area contributed by atoms with Gasteiger partial charge in [-0.25, -0.2) is 4.98 Å². The van der Waals surface area contributed by atoms with E-state index in [0.29, 0.717) is 16.3 Å². The summed E-state index contributed by atoms with van der Waals surface area (Å²) in [6.45, 7) is 0. The van der Waals surface area contributed by atoms with Gasteiger partial charge in [-0.1, -0.05) is 18.2 Å². The van der Waals surface area contributed by atoms with Gasteiger partial charge in [-0.2, -0.15) is 0 Å². The first kappa shape index (κ1) is 11.9. The summed E-state index contributed by atoms with van der Waals surface area (Å²) >= 11 is 0. The van der Waals surface area contributed by atoms with Crippen molar-refractivity contribution in [3.8, 4) is 0 Å². The first-order valence-corrected chi connectivity index (χ1v) is 7.21. The van der Waals surface area contributed by atoms with E-state index < -0.39 is 10.8 Å². The van der Waals surface area contributed by atoms with Crippen LogP contribution in [0.5, 0.6) is 0 Å². The maximum absolute atomic E-state index is 12.3. The van der Waals surface area contributed by atoms with E-state index in [2.05, 4.69) is 4.98 Å². The van der Waals surface area contributed by atoms with Crippen LogP contribution in [0.2, 0.25) is 0 Å². The van der Waals surface area contributed by atoms with Crippen LogP contribution in [0.3, 0.4) is 0 Å². The lowest BCUT2D eigenvalue weighted by Gasteiger charge is -2.03. The van der Waals surface area contributed by atoms with Crippen molar-refractivity contribution in [2.45, 2.75) is 10.6 Å². The van der Waals surface area contributed by atoms with E-state index in [9.17, 15) is 4.21 Å². The topological polar surface area (TPSA) is 60.4 Å². The van der Waals surface area contributed by atoms with Gasteiger partial charge in [-0.05, 0) is 24.3 Å². The van der Waals surface area contributed by atoms with Gasteiger partial charge in [-0.15, -0.1) is 0 Å². The minimum Gasteiger partial charge on any atom is -0.398 e. The summed E-state index contributed by atoms with van der Waals surface area (Å²) in [5, 5.41) is 0. The molecule has 0 radical (unpaired) electrons. The van der Waals surface area contributed by atoms with Crippen LogP contribution in [-0.2, 0) is 16.6 Å². The monoisotopic (exact) mass is 271 g/mol. The fourth-order valence-electron chi connectivity index (χ4n) is 1.96. The highest BCUT2D eigenvalue weighted by molar-refractivity contribution is 7.84. The summed E-state index contributed by atoms with van der Waals surface area (Å²) in [7, 11) is -1.17. The Kier molecular flexibility index (Phi) is 3.05. The lowest BCUT2D eigenvalue weighted by molar-refractivity contribution is 0.682. The summed E-state index contributed by atoms with van der Waals surface area (Å²) in [4.78, 5) is 5.10. The smallest absolute Gasteiger partial charge is 0.137 e. The maximum Gasteiger partial charge on any atom is 0.137 e. The van der Waals surface area contributed by atoms with Crippen LogP contribution < -0.4 is 5.73 Å². The minimum atomic E-state index is -1.17. The van der Waals surface area contributed by atoms with Gasteiger partial charge in [0.2, 0.25) is 0 Å². The molecule has 0 amide bonds. The third-order valence-electron chi connectivity index (χ3n) is 2.86. The highest BCUT2D eigenvalue weighted by Crippen LogP contribution is 2.18. The molecule has 0 bridgehead atoms. The molecule has 3 aromatic rings. The van der Waals surface area contributed by atoms with Crippen LogP contribution in [0.15, 0.2) is 59.8 Å². The van der Waals surface area contributed by atoms with Gasteiger partial charge in [0, 0.05) is 18.1 Å². The predicted octanol–water partition coefficient (Wildman–Crippen LogP) is 2.22. The van der Waals surface area contributed by atoms with Gasteiger partial charge >= 0.3 is 0 Å². The number of hydrogen-bond acceptors (Lipinski definition) is 3. The molecule has 1 unspecified atom stereocenters. The Morgan fingerprint density at radius 3 is 2.74 bits per heavy atom. The first-order valence-electron chi connectivity index (χ1n) is 5.89.